The third kappa shape index (κ3) is 31.0. The van der Waals surface area contributed by atoms with Crippen LogP contribution in [-0.4, -0.2) is 103 Å². The second-order valence-corrected chi connectivity index (χ2v) is 12.9. The quantitative estimate of drug-likeness (QED) is 0.0978. The second kappa shape index (κ2) is 26.5. The van der Waals surface area contributed by atoms with Gasteiger partial charge in [-0.25, -0.2) is 9.59 Å². The fraction of sp³-hybridized carbons (Fsp3) is 0.444. The first-order valence-corrected chi connectivity index (χ1v) is 16.7. The number of hydrogen-bond donors (Lipinski definition) is 7. The number of rotatable bonds is 15. The number of carboxylic acids is 1. The molecule has 0 aliphatic carbocycles. The molecule has 0 aromatic heterocycles. The van der Waals surface area contributed by atoms with Gasteiger partial charge in [0.25, 0.3) is 0 Å². The van der Waals surface area contributed by atoms with Gasteiger partial charge in [-0.3, -0.25) is 28.8 Å². The number of nitrogens with one attached hydrogen (secondary N) is 5. The standard InChI is InChI=1S/C18H25N3O6.C12H14N2O5.C6H13NO2/c1-18(2,3)27-16(24)11-20-14(22)9-19-15(23)10-21-17(25)26-12-13-7-5-4-6-8-13;15-10(13-7-11(16)17)6-14-12(18)19-8-9-4-2-1-3-5-9;1-6(2,3)9-5(8)4-7/h4-8H,9-12H2,1-3H3,(H,19,23)(H,20,22)(H,21,25);1-5H,6-8H2,(H,13,15)(H,14,18)(H,16,17);4,7H2,1-3H3. The molecule has 0 unspecified atom stereocenters. The van der Waals surface area contributed by atoms with E-state index in [-0.39, 0.29) is 51.9 Å². The normalized spacial score (nSPS) is 10.2. The summed E-state index contributed by atoms with van der Waals surface area (Å²) < 4.78 is 19.7. The molecule has 19 nitrogen and oxygen atoms in total. The molecule has 0 fully saturated rings. The van der Waals surface area contributed by atoms with E-state index in [4.69, 9.17) is 29.8 Å². The van der Waals surface area contributed by atoms with Gasteiger partial charge >= 0.3 is 30.1 Å². The van der Waals surface area contributed by atoms with Gasteiger partial charge in [-0.2, -0.15) is 0 Å². The zero-order chi connectivity index (χ0) is 41.9. The fourth-order valence-electron chi connectivity index (χ4n) is 3.33. The molecule has 0 aliphatic rings. The van der Waals surface area contributed by atoms with E-state index >= 15 is 0 Å². The number of ether oxygens (including phenoxy) is 4. The van der Waals surface area contributed by atoms with Crippen LogP contribution in [0.25, 0.3) is 0 Å². The highest BCUT2D eigenvalue weighted by atomic mass is 16.6. The molecule has 55 heavy (non-hydrogen) atoms. The Bertz CT molecular complexity index is 1530. The van der Waals surface area contributed by atoms with Gasteiger partial charge in [-0.15, -0.1) is 0 Å². The van der Waals surface area contributed by atoms with Crippen molar-refractivity contribution in [1.82, 2.24) is 26.6 Å². The lowest BCUT2D eigenvalue weighted by molar-refractivity contribution is -0.154. The highest BCUT2D eigenvalue weighted by molar-refractivity contribution is 5.88. The van der Waals surface area contributed by atoms with Crippen LogP contribution in [0.1, 0.15) is 52.7 Å². The minimum absolute atomic E-state index is 0.0444. The molecule has 8 N–H and O–H groups in total. The van der Waals surface area contributed by atoms with E-state index in [1.165, 1.54) is 0 Å². The van der Waals surface area contributed by atoms with Crippen molar-refractivity contribution in [3.63, 3.8) is 0 Å². The summed E-state index contributed by atoms with van der Waals surface area (Å²) in [4.78, 5) is 89.1. The van der Waals surface area contributed by atoms with E-state index in [9.17, 15) is 38.4 Å². The van der Waals surface area contributed by atoms with Gasteiger partial charge in [-0.1, -0.05) is 60.7 Å². The number of benzene rings is 2. The van der Waals surface area contributed by atoms with Gasteiger partial charge in [-0.05, 0) is 52.7 Å². The summed E-state index contributed by atoms with van der Waals surface area (Å²) in [5, 5.41) is 19.5. The van der Waals surface area contributed by atoms with Crippen molar-refractivity contribution in [3.05, 3.63) is 71.8 Å². The van der Waals surface area contributed by atoms with E-state index in [1.807, 2.05) is 36.4 Å². The number of nitrogens with two attached hydrogens (primary N) is 1. The first-order valence-electron chi connectivity index (χ1n) is 16.7. The minimum Gasteiger partial charge on any atom is -0.480 e. The Morgan fingerprint density at radius 3 is 1.22 bits per heavy atom. The lowest BCUT2D eigenvalue weighted by Gasteiger charge is -2.19. The summed E-state index contributed by atoms with van der Waals surface area (Å²) in [6, 6.07) is 18.2. The molecular formula is C36H52N6O13. The van der Waals surface area contributed by atoms with Gasteiger partial charge in [0.15, 0.2) is 0 Å². The van der Waals surface area contributed by atoms with E-state index in [2.05, 4.69) is 26.6 Å². The summed E-state index contributed by atoms with van der Waals surface area (Å²) in [5.74, 6) is -3.81. The van der Waals surface area contributed by atoms with Crippen molar-refractivity contribution in [2.75, 3.05) is 39.3 Å². The summed E-state index contributed by atoms with van der Waals surface area (Å²) >= 11 is 0. The molecule has 0 aliphatic heterocycles. The Morgan fingerprint density at radius 2 is 0.873 bits per heavy atom. The zero-order valence-corrected chi connectivity index (χ0v) is 31.9. The number of carboxylic acid groups (broad SMARTS) is 1. The van der Waals surface area contributed by atoms with Crippen LogP contribution >= 0.6 is 0 Å². The molecule has 0 spiro atoms. The van der Waals surface area contributed by atoms with Crippen LogP contribution in [0.3, 0.4) is 0 Å². The predicted octanol–water partition coefficient (Wildman–Crippen LogP) is 0.887. The molecule has 0 atom stereocenters. The van der Waals surface area contributed by atoms with Crippen LogP contribution in [0, 0.1) is 0 Å². The fourth-order valence-corrected chi connectivity index (χ4v) is 3.33. The Hall–Kier alpha value is -6.24. The van der Waals surface area contributed by atoms with Crippen molar-refractivity contribution in [3.8, 4) is 0 Å². The van der Waals surface area contributed by atoms with Crippen molar-refractivity contribution < 1.29 is 62.4 Å². The number of esters is 2. The summed E-state index contributed by atoms with van der Waals surface area (Å²) in [6.45, 7) is 8.91. The maximum Gasteiger partial charge on any atom is 0.407 e. The van der Waals surface area contributed by atoms with E-state index in [0.717, 1.165) is 11.1 Å². The predicted molar refractivity (Wildman–Crippen MR) is 197 cm³/mol. The monoisotopic (exact) mass is 776 g/mol. The van der Waals surface area contributed by atoms with Gasteiger partial charge < -0.3 is 56.4 Å². The molecule has 0 saturated carbocycles. The Morgan fingerprint density at radius 1 is 0.527 bits per heavy atom. The third-order valence-electron chi connectivity index (χ3n) is 5.53. The molecule has 0 bridgehead atoms. The molecular weight excluding hydrogens is 724 g/mol. The lowest BCUT2D eigenvalue weighted by atomic mass is 10.2. The number of amides is 5. The zero-order valence-electron chi connectivity index (χ0n) is 31.9. The molecule has 2 rings (SSSR count). The Kier molecular flexibility index (Phi) is 23.5. The highest BCUT2D eigenvalue weighted by Crippen LogP contribution is 2.07. The molecule has 5 amide bonds. The molecule has 0 saturated heterocycles. The highest BCUT2D eigenvalue weighted by Gasteiger charge is 2.17. The number of alkyl carbamates (subject to hydrolysis) is 2. The maximum absolute atomic E-state index is 11.6. The van der Waals surface area contributed by atoms with Gasteiger partial charge in [0.05, 0.1) is 13.1 Å². The first-order chi connectivity index (χ1) is 25.7. The third-order valence-corrected chi connectivity index (χ3v) is 5.53. The van der Waals surface area contributed by atoms with Gasteiger partial charge in [0.2, 0.25) is 17.7 Å². The molecule has 19 heteroatoms. The largest absolute Gasteiger partial charge is 0.480 e. The van der Waals surface area contributed by atoms with Crippen molar-refractivity contribution in [2.45, 2.75) is 66.0 Å². The molecule has 2 aromatic carbocycles. The number of carbonyl (C=O) groups is 8. The van der Waals surface area contributed by atoms with E-state index in [0.29, 0.717) is 0 Å². The molecule has 0 radical (unpaired) electrons. The summed E-state index contributed by atoms with van der Waals surface area (Å²) in [7, 11) is 0. The van der Waals surface area contributed by atoms with Crippen molar-refractivity contribution >= 4 is 47.8 Å². The van der Waals surface area contributed by atoms with Crippen LogP contribution < -0.4 is 32.3 Å². The van der Waals surface area contributed by atoms with Gasteiger partial charge in [0.1, 0.15) is 50.6 Å². The van der Waals surface area contributed by atoms with Crippen LogP contribution in [0.4, 0.5) is 9.59 Å². The number of aliphatic carboxylic acids is 1. The average molecular weight is 777 g/mol. The number of carbonyl (C=O) groups excluding carboxylic acids is 7. The maximum atomic E-state index is 11.6. The summed E-state index contributed by atoms with van der Waals surface area (Å²) in [6.07, 6.45) is -1.49. The topological polar surface area (TPSA) is 280 Å². The van der Waals surface area contributed by atoms with E-state index < -0.39 is 59.6 Å². The van der Waals surface area contributed by atoms with Crippen LogP contribution in [0.15, 0.2) is 60.7 Å². The molecule has 0 heterocycles. The number of hydrogen-bond acceptors (Lipinski definition) is 13. The average Bonchev–Trinajstić information content (AvgIpc) is 3.12. The first kappa shape index (κ1) is 48.8. The van der Waals surface area contributed by atoms with Crippen LogP contribution in [-0.2, 0) is 60.9 Å². The van der Waals surface area contributed by atoms with Crippen LogP contribution in [0.2, 0.25) is 0 Å². The molecule has 2 aromatic rings. The lowest BCUT2D eigenvalue weighted by Crippen LogP contribution is -2.43. The van der Waals surface area contributed by atoms with Gasteiger partial charge in [0, 0.05) is 0 Å². The Balaban J connectivity index is 0.000000900. The summed E-state index contributed by atoms with van der Waals surface area (Å²) in [5.41, 5.74) is 5.60. The van der Waals surface area contributed by atoms with Crippen molar-refractivity contribution in [1.29, 1.82) is 0 Å². The smallest absolute Gasteiger partial charge is 0.407 e. The Labute approximate surface area is 319 Å². The van der Waals surface area contributed by atoms with E-state index in [1.54, 1.807) is 65.8 Å². The SMILES string of the molecule is CC(C)(C)OC(=O)CN.CC(C)(C)OC(=O)CNC(=O)CNC(=O)CNC(=O)OCc1ccccc1.O=C(O)CNC(=O)CNC(=O)OCc1ccccc1. The molecule has 304 valence electrons. The second-order valence-electron chi connectivity index (χ2n) is 12.9. The van der Waals surface area contributed by atoms with Crippen molar-refractivity contribution in [2.24, 2.45) is 5.73 Å². The minimum atomic E-state index is -1.15. The van der Waals surface area contributed by atoms with Crippen LogP contribution in [0.5, 0.6) is 0 Å².